The second kappa shape index (κ2) is 10.9. The van der Waals surface area contributed by atoms with Crippen LogP contribution in [0.2, 0.25) is 5.02 Å². The number of methoxy groups -OCH3 is 1. The lowest BCUT2D eigenvalue weighted by atomic mass is 9.51. The maximum Gasteiger partial charge on any atom is 0.241 e. The molecule has 45 heavy (non-hydrogen) atoms. The molecule has 0 aromatic heterocycles. The zero-order valence-electron chi connectivity index (χ0n) is 24.9. The first-order valence-corrected chi connectivity index (χ1v) is 16.6. The number of halogens is 3. The molecule has 2 heterocycles. The molecule has 5 aliphatic rings. The van der Waals surface area contributed by atoms with Crippen LogP contribution in [0.4, 0.5) is 10.1 Å². The Kier molecular flexibility index (Phi) is 7.39. The molecule has 2 saturated heterocycles. The summed E-state index contributed by atoms with van der Waals surface area (Å²) in [6, 6.07) is 6.91. The number of aromatic hydroxyl groups is 1. The molecule has 1 N–H and O–H groups in total. The fourth-order valence-electron chi connectivity index (χ4n) is 8.92. The Morgan fingerprint density at radius 1 is 1.02 bits per heavy atom. The van der Waals surface area contributed by atoms with Crippen LogP contribution in [-0.4, -0.2) is 46.8 Å². The number of anilines is 1. The Hall–Kier alpha value is -3.24. The quantitative estimate of drug-likeness (QED) is 0.288. The van der Waals surface area contributed by atoms with Gasteiger partial charge in [-0.3, -0.25) is 24.1 Å². The van der Waals surface area contributed by atoms with Crippen LogP contribution in [-0.2, 0) is 19.2 Å². The molecule has 2 aromatic rings. The van der Waals surface area contributed by atoms with Crippen molar-refractivity contribution in [1.82, 2.24) is 4.90 Å². The first-order valence-electron chi connectivity index (χ1n) is 15.5. The van der Waals surface area contributed by atoms with Crippen molar-refractivity contribution in [3.05, 3.63) is 62.9 Å². The molecule has 6 atom stereocenters. The average molecular weight is 700 g/mol. The highest BCUT2D eigenvalue weighted by molar-refractivity contribution is 9.10. The minimum absolute atomic E-state index is 0.121. The van der Waals surface area contributed by atoms with Crippen LogP contribution >= 0.6 is 27.5 Å². The molecular formula is C34H33BrClFN2O6. The third-order valence-electron chi connectivity index (χ3n) is 11.0. The fraction of sp³-hybridized carbons (Fsp3) is 0.471. The zero-order valence-corrected chi connectivity index (χ0v) is 27.2. The lowest BCUT2D eigenvalue weighted by molar-refractivity contribution is -0.144. The Bertz CT molecular complexity index is 1690. The minimum Gasteiger partial charge on any atom is -0.504 e. The van der Waals surface area contributed by atoms with E-state index in [2.05, 4.69) is 15.9 Å². The van der Waals surface area contributed by atoms with E-state index < -0.39 is 52.6 Å². The van der Waals surface area contributed by atoms with Crippen LogP contribution in [0.5, 0.6) is 11.5 Å². The Labute approximate surface area is 273 Å². The smallest absolute Gasteiger partial charge is 0.241 e. The summed E-state index contributed by atoms with van der Waals surface area (Å²) in [5, 5.41) is 11.3. The number of ether oxygens (including phenoxy) is 1. The molecule has 3 aliphatic carbocycles. The van der Waals surface area contributed by atoms with Gasteiger partial charge in [0.1, 0.15) is 5.82 Å². The molecule has 0 bridgehead atoms. The van der Waals surface area contributed by atoms with Gasteiger partial charge in [-0.05, 0) is 68.9 Å². The maximum absolute atomic E-state index is 14.6. The summed E-state index contributed by atoms with van der Waals surface area (Å²) in [6.07, 6.45) is 7.06. The van der Waals surface area contributed by atoms with Crippen molar-refractivity contribution in [3.8, 4) is 11.5 Å². The van der Waals surface area contributed by atoms with Crippen LogP contribution in [0, 0.1) is 34.9 Å². The van der Waals surface area contributed by atoms with Crippen LogP contribution in [0.15, 0.2) is 46.5 Å². The summed E-state index contributed by atoms with van der Waals surface area (Å²) in [5.74, 6) is -5.44. The molecule has 0 unspecified atom stereocenters. The van der Waals surface area contributed by atoms with Crippen LogP contribution in [0.25, 0.3) is 0 Å². The largest absolute Gasteiger partial charge is 0.504 e. The molecule has 236 valence electrons. The number of rotatable bonds is 4. The highest BCUT2D eigenvalue weighted by Gasteiger charge is 2.68. The predicted octanol–water partition coefficient (Wildman–Crippen LogP) is 6.52. The van der Waals surface area contributed by atoms with Gasteiger partial charge in [-0.25, -0.2) is 9.29 Å². The molecule has 7 rings (SSSR count). The van der Waals surface area contributed by atoms with E-state index in [-0.39, 0.29) is 46.5 Å². The van der Waals surface area contributed by atoms with Crippen molar-refractivity contribution in [2.24, 2.45) is 29.1 Å². The van der Waals surface area contributed by atoms with Gasteiger partial charge in [0.05, 0.1) is 41.0 Å². The van der Waals surface area contributed by atoms with Crippen LogP contribution < -0.4 is 9.64 Å². The second-order valence-electron chi connectivity index (χ2n) is 13.1. The number of allylic oxidation sites excluding steroid dienone is 2. The number of hydrogen-bond donors (Lipinski definition) is 1. The molecule has 4 fully saturated rings. The van der Waals surface area contributed by atoms with E-state index in [0.29, 0.717) is 16.5 Å². The normalized spacial score (nSPS) is 31.6. The van der Waals surface area contributed by atoms with E-state index in [0.717, 1.165) is 48.6 Å². The van der Waals surface area contributed by atoms with Gasteiger partial charge in [-0.2, -0.15) is 0 Å². The summed E-state index contributed by atoms with van der Waals surface area (Å²) in [6.45, 7) is 1.72. The molecule has 2 saturated carbocycles. The van der Waals surface area contributed by atoms with Gasteiger partial charge in [0.15, 0.2) is 11.5 Å². The van der Waals surface area contributed by atoms with Gasteiger partial charge >= 0.3 is 0 Å². The zero-order chi connectivity index (χ0) is 31.9. The van der Waals surface area contributed by atoms with Crippen molar-refractivity contribution in [2.45, 2.75) is 63.8 Å². The maximum atomic E-state index is 14.6. The lowest BCUT2D eigenvalue weighted by Crippen LogP contribution is -2.49. The summed E-state index contributed by atoms with van der Waals surface area (Å²) < 4.78 is 20.2. The Morgan fingerprint density at radius 2 is 1.76 bits per heavy atom. The van der Waals surface area contributed by atoms with Gasteiger partial charge in [0, 0.05) is 22.0 Å². The van der Waals surface area contributed by atoms with E-state index in [1.807, 2.05) is 6.08 Å². The number of carbonyl (C=O) groups excluding carboxylic acids is 4. The number of phenols is 1. The topological polar surface area (TPSA) is 104 Å². The standard InChI is InChI=1S/C34H33BrClFN2O6/c1-34-23(31(42)39(33(34)44)18-8-11-25(37)24(36)14-18)15-21-19(28(34)22-12-16(35)13-26(45-2)29(22)40)9-10-20-27(21)32(43)38(30(20)41)17-6-4-3-5-7-17/h8-9,11-14,17,20-21,23,27-28,40H,3-7,10,15H2,1-2H3/t20-,21+,23-,27-,28+,34+/m0/s1. The Balaban J connectivity index is 1.39. The number of carbonyl (C=O) groups is 4. The Morgan fingerprint density at radius 3 is 2.44 bits per heavy atom. The fourth-order valence-corrected chi connectivity index (χ4v) is 9.55. The van der Waals surface area contributed by atoms with Crippen molar-refractivity contribution < 1.29 is 33.4 Å². The highest BCUT2D eigenvalue weighted by atomic mass is 79.9. The van der Waals surface area contributed by atoms with E-state index in [9.17, 15) is 28.7 Å². The number of benzene rings is 2. The average Bonchev–Trinajstić information content (AvgIpc) is 3.39. The van der Waals surface area contributed by atoms with Gasteiger partial charge in [0.2, 0.25) is 23.6 Å². The molecule has 4 amide bonds. The number of imide groups is 2. The van der Waals surface area contributed by atoms with E-state index in [1.54, 1.807) is 19.1 Å². The number of nitrogens with zero attached hydrogens (tertiary/aromatic N) is 2. The number of phenolic OH excluding ortho intramolecular Hbond substituents is 1. The first-order chi connectivity index (χ1) is 21.5. The van der Waals surface area contributed by atoms with Gasteiger partial charge in [-0.15, -0.1) is 0 Å². The molecule has 0 radical (unpaired) electrons. The van der Waals surface area contributed by atoms with Gasteiger partial charge in [0.25, 0.3) is 0 Å². The summed E-state index contributed by atoms with van der Waals surface area (Å²) >= 11 is 9.59. The van der Waals surface area contributed by atoms with Crippen LogP contribution in [0.3, 0.4) is 0 Å². The molecule has 2 aromatic carbocycles. The SMILES string of the molecule is COc1cc(Br)cc([C@H]2C3=CC[C@@H]4C(=O)N(C5CCCCC5)C(=O)[C@@H]4[C@@H]3C[C@H]3C(=O)N(c4ccc(F)c(Cl)c4)C(=O)[C@@]23C)c1O. The van der Waals surface area contributed by atoms with Gasteiger partial charge < -0.3 is 9.84 Å². The van der Waals surface area contributed by atoms with Crippen molar-refractivity contribution in [1.29, 1.82) is 0 Å². The number of amides is 4. The van der Waals surface area contributed by atoms with E-state index in [4.69, 9.17) is 16.3 Å². The number of hydrogen-bond acceptors (Lipinski definition) is 6. The molecule has 2 aliphatic heterocycles. The minimum atomic E-state index is -1.38. The number of fused-ring (bicyclic) bond motifs is 4. The van der Waals surface area contributed by atoms with E-state index in [1.165, 1.54) is 24.1 Å². The molecular weight excluding hydrogens is 667 g/mol. The van der Waals surface area contributed by atoms with Gasteiger partial charge in [-0.1, -0.05) is 58.4 Å². The third kappa shape index (κ3) is 4.34. The summed E-state index contributed by atoms with van der Waals surface area (Å²) in [4.78, 5) is 59.5. The molecule has 0 spiro atoms. The first kappa shape index (κ1) is 30.4. The number of likely N-dealkylation sites (tertiary alicyclic amines) is 1. The third-order valence-corrected chi connectivity index (χ3v) is 11.8. The highest BCUT2D eigenvalue weighted by Crippen LogP contribution is 2.65. The molecule has 11 heteroatoms. The lowest BCUT2D eigenvalue weighted by Gasteiger charge is -2.49. The van der Waals surface area contributed by atoms with Crippen LogP contribution in [0.1, 0.15) is 63.4 Å². The summed E-state index contributed by atoms with van der Waals surface area (Å²) in [7, 11) is 1.43. The second-order valence-corrected chi connectivity index (χ2v) is 14.5. The monoisotopic (exact) mass is 698 g/mol. The molecule has 8 nitrogen and oxygen atoms in total. The van der Waals surface area contributed by atoms with Crippen molar-refractivity contribution in [2.75, 3.05) is 12.0 Å². The van der Waals surface area contributed by atoms with E-state index >= 15 is 0 Å². The van der Waals surface area contributed by atoms with Crippen molar-refractivity contribution in [3.63, 3.8) is 0 Å². The summed E-state index contributed by atoms with van der Waals surface area (Å²) in [5.41, 5.74) is -0.0980. The van der Waals surface area contributed by atoms with Crippen molar-refractivity contribution >= 4 is 56.8 Å². The predicted molar refractivity (Wildman–Crippen MR) is 167 cm³/mol.